The van der Waals surface area contributed by atoms with Crippen molar-refractivity contribution in [2.45, 2.75) is 49.1 Å². The number of rotatable bonds is 4. The van der Waals surface area contributed by atoms with Crippen LogP contribution >= 0.6 is 12.2 Å². The molecular formula is C13H19N3O3S2. The van der Waals surface area contributed by atoms with Crippen molar-refractivity contribution in [3.63, 3.8) is 0 Å². The van der Waals surface area contributed by atoms with E-state index in [2.05, 4.69) is 9.71 Å². The molecule has 1 aromatic heterocycles. The summed E-state index contributed by atoms with van der Waals surface area (Å²) in [7, 11) is -3.71. The fourth-order valence-electron chi connectivity index (χ4n) is 2.38. The van der Waals surface area contributed by atoms with Crippen molar-refractivity contribution in [3.05, 3.63) is 24.0 Å². The molecule has 1 aromatic rings. The van der Waals surface area contributed by atoms with Crippen LogP contribution in [-0.4, -0.2) is 35.6 Å². The second-order valence-electron chi connectivity index (χ2n) is 5.18. The van der Waals surface area contributed by atoms with Crippen LogP contribution in [0.5, 0.6) is 0 Å². The molecule has 2 atom stereocenters. The van der Waals surface area contributed by atoms with E-state index < -0.39 is 22.2 Å². The predicted octanol–water partition coefficient (Wildman–Crippen LogP) is 0.688. The van der Waals surface area contributed by atoms with Gasteiger partial charge in [0.05, 0.1) is 11.8 Å². The molecule has 0 saturated heterocycles. The number of aromatic nitrogens is 1. The summed E-state index contributed by atoms with van der Waals surface area (Å²) in [5, 5.41) is 10.00. The minimum Gasteiger partial charge on any atom is -0.391 e. The highest BCUT2D eigenvalue weighted by molar-refractivity contribution is 7.89. The van der Waals surface area contributed by atoms with Crippen LogP contribution in [0.4, 0.5) is 0 Å². The van der Waals surface area contributed by atoms with Gasteiger partial charge in [-0.2, -0.15) is 0 Å². The number of aliphatic hydroxyl groups is 1. The first-order valence-electron chi connectivity index (χ1n) is 6.86. The minimum absolute atomic E-state index is 0.0407. The molecular weight excluding hydrogens is 310 g/mol. The lowest BCUT2D eigenvalue weighted by atomic mass is 10.1. The fourth-order valence-corrected chi connectivity index (χ4v) is 3.75. The van der Waals surface area contributed by atoms with Gasteiger partial charge in [-0.25, -0.2) is 13.1 Å². The summed E-state index contributed by atoms with van der Waals surface area (Å²) in [6.45, 7) is 0. The monoisotopic (exact) mass is 329 g/mol. The van der Waals surface area contributed by atoms with Crippen molar-refractivity contribution in [3.8, 4) is 0 Å². The smallest absolute Gasteiger partial charge is 0.242 e. The molecule has 0 radical (unpaired) electrons. The molecule has 2 rings (SSSR count). The molecule has 0 aromatic carbocycles. The van der Waals surface area contributed by atoms with Crippen molar-refractivity contribution >= 4 is 27.2 Å². The van der Waals surface area contributed by atoms with Gasteiger partial charge >= 0.3 is 0 Å². The Morgan fingerprint density at radius 3 is 2.67 bits per heavy atom. The number of hydrogen-bond donors (Lipinski definition) is 3. The van der Waals surface area contributed by atoms with Crippen LogP contribution in [0.15, 0.2) is 23.2 Å². The molecule has 1 aliphatic carbocycles. The molecule has 0 aliphatic heterocycles. The van der Waals surface area contributed by atoms with Gasteiger partial charge in [-0.05, 0) is 25.0 Å². The molecule has 21 heavy (non-hydrogen) atoms. The third-order valence-electron chi connectivity index (χ3n) is 3.59. The average molecular weight is 329 g/mol. The number of aliphatic hydroxyl groups excluding tert-OH is 1. The van der Waals surface area contributed by atoms with Gasteiger partial charge in [0.25, 0.3) is 0 Å². The van der Waals surface area contributed by atoms with Gasteiger partial charge in [0.1, 0.15) is 9.88 Å². The number of pyridine rings is 1. The summed E-state index contributed by atoms with van der Waals surface area (Å²) in [6.07, 6.45) is 4.67. The van der Waals surface area contributed by atoms with E-state index >= 15 is 0 Å². The fraction of sp³-hybridized carbons (Fsp3) is 0.538. The third kappa shape index (κ3) is 4.19. The molecule has 0 amide bonds. The van der Waals surface area contributed by atoms with Crippen LogP contribution < -0.4 is 10.5 Å². The van der Waals surface area contributed by atoms with Gasteiger partial charge in [0.15, 0.2) is 0 Å². The van der Waals surface area contributed by atoms with Crippen LogP contribution in [0.2, 0.25) is 0 Å². The van der Waals surface area contributed by atoms with Crippen LogP contribution in [0.3, 0.4) is 0 Å². The molecule has 1 aliphatic rings. The molecule has 4 N–H and O–H groups in total. The Kier molecular flexibility index (Phi) is 5.26. The van der Waals surface area contributed by atoms with Crippen molar-refractivity contribution < 1.29 is 13.5 Å². The molecule has 6 nitrogen and oxygen atoms in total. The third-order valence-corrected chi connectivity index (χ3v) is 5.27. The van der Waals surface area contributed by atoms with Crippen molar-refractivity contribution in [2.24, 2.45) is 5.73 Å². The van der Waals surface area contributed by atoms with E-state index in [9.17, 15) is 13.5 Å². The standard InChI is InChI=1S/C13H19N3O3S2/c14-13(20)11-7-6-9(8-15-11)21(18,19)16-10-4-2-1-3-5-12(10)17/h6-8,10,12,16-17H,1-5H2,(H2,14,20). The molecule has 1 saturated carbocycles. The van der Waals surface area contributed by atoms with Crippen LogP contribution in [0, 0.1) is 0 Å². The van der Waals surface area contributed by atoms with Crippen LogP contribution in [-0.2, 0) is 10.0 Å². The Bertz CT molecular complexity index is 602. The van der Waals surface area contributed by atoms with Crippen LogP contribution in [0.25, 0.3) is 0 Å². The zero-order valence-corrected chi connectivity index (χ0v) is 13.2. The van der Waals surface area contributed by atoms with Gasteiger partial charge < -0.3 is 10.8 Å². The number of sulfonamides is 1. The summed E-state index contributed by atoms with van der Waals surface area (Å²) in [5.41, 5.74) is 5.80. The maximum atomic E-state index is 12.3. The SMILES string of the molecule is NC(=S)c1ccc(S(=O)(=O)NC2CCCCCC2O)cn1. The number of nitrogens with two attached hydrogens (primary N) is 1. The van der Waals surface area contributed by atoms with E-state index in [1.807, 2.05) is 0 Å². The molecule has 1 fully saturated rings. The molecule has 8 heteroatoms. The van der Waals surface area contributed by atoms with E-state index in [0.29, 0.717) is 18.5 Å². The largest absolute Gasteiger partial charge is 0.391 e. The molecule has 1 heterocycles. The summed E-state index contributed by atoms with van der Waals surface area (Å²) in [5.74, 6) is 0. The zero-order valence-electron chi connectivity index (χ0n) is 11.5. The molecule has 2 unspecified atom stereocenters. The van der Waals surface area contributed by atoms with Gasteiger partial charge in [-0.15, -0.1) is 0 Å². The van der Waals surface area contributed by atoms with Gasteiger partial charge in [-0.3, -0.25) is 4.98 Å². The molecule has 0 spiro atoms. The Hall–Kier alpha value is -1.09. The van der Waals surface area contributed by atoms with Gasteiger partial charge in [0.2, 0.25) is 10.0 Å². The first-order valence-corrected chi connectivity index (χ1v) is 8.75. The van der Waals surface area contributed by atoms with Crippen molar-refractivity contribution in [2.75, 3.05) is 0 Å². The van der Waals surface area contributed by atoms with E-state index in [1.165, 1.54) is 18.3 Å². The summed E-state index contributed by atoms with van der Waals surface area (Å²) < 4.78 is 27.2. The van der Waals surface area contributed by atoms with E-state index in [-0.39, 0.29) is 9.88 Å². The maximum absolute atomic E-state index is 12.3. The lowest BCUT2D eigenvalue weighted by molar-refractivity contribution is 0.130. The van der Waals surface area contributed by atoms with Crippen molar-refractivity contribution in [1.29, 1.82) is 0 Å². The summed E-state index contributed by atoms with van der Waals surface area (Å²) in [4.78, 5) is 4.08. The lowest BCUT2D eigenvalue weighted by Gasteiger charge is -2.21. The summed E-state index contributed by atoms with van der Waals surface area (Å²) >= 11 is 4.78. The Balaban J connectivity index is 2.15. The summed E-state index contributed by atoms with van der Waals surface area (Å²) in [6, 6.07) is 2.43. The second-order valence-corrected chi connectivity index (χ2v) is 7.33. The predicted molar refractivity (Wildman–Crippen MR) is 83.3 cm³/mol. The highest BCUT2D eigenvalue weighted by Gasteiger charge is 2.27. The highest BCUT2D eigenvalue weighted by Crippen LogP contribution is 2.20. The number of hydrogen-bond acceptors (Lipinski definition) is 5. The Morgan fingerprint density at radius 1 is 1.33 bits per heavy atom. The van der Waals surface area contributed by atoms with E-state index in [4.69, 9.17) is 18.0 Å². The van der Waals surface area contributed by atoms with E-state index in [0.717, 1.165) is 19.3 Å². The Labute approximate surface area is 129 Å². The average Bonchev–Trinajstić information content (AvgIpc) is 2.64. The normalized spacial score (nSPS) is 23.5. The van der Waals surface area contributed by atoms with Gasteiger partial charge in [-0.1, -0.05) is 31.5 Å². The Morgan fingerprint density at radius 2 is 2.05 bits per heavy atom. The minimum atomic E-state index is -3.71. The topological polar surface area (TPSA) is 105 Å². The van der Waals surface area contributed by atoms with Crippen molar-refractivity contribution in [1.82, 2.24) is 9.71 Å². The number of nitrogens with one attached hydrogen (secondary N) is 1. The highest BCUT2D eigenvalue weighted by atomic mass is 32.2. The molecule has 0 bridgehead atoms. The van der Waals surface area contributed by atoms with Gasteiger partial charge in [0, 0.05) is 12.2 Å². The first kappa shape index (κ1) is 16.3. The lowest BCUT2D eigenvalue weighted by Crippen LogP contribution is -2.42. The number of nitrogens with zero attached hydrogens (tertiary/aromatic N) is 1. The first-order chi connectivity index (χ1) is 9.90. The second kappa shape index (κ2) is 6.78. The molecule has 116 valence electrons. The maximum Gasteiger partial charge on any atom is 0.242 e. The van der Waals surface area contributed by atoms with Crippen LogP contribution in [0.1, 0.15) is 37.8 Å². The zero-order chi connectivity index (χ0) is 15.5. The quantitative estimate of drug-likeness (QED) is 0.554. The van der Waals surface area contributed by atoms with E-state index in [1.54, 1.807) is 0 Å². The number of thiocarbonyl (C=S) groups is 1.